The van der Waals surface area contributed by atoms with Crippen LogP contribution in [0.2, 0.25) is 0 Å². The highest BCUT2D eigenvalue weighted by Crippen LogP contribution is 2.33. The lowest BCUT2D eigenvalue weighted by molar-refractivity contribution is -0.137. The number of hydrogen-bond donors (Lipinski definition) is 1. The van der Waals surface area contributed by atoms with E-state index in [2.05, 4.69) is 11.8 Å². The van der Waals surface area contributed by atoms with Crippen molar-refractivity contribution in [1.82, 2.24) is 9.88 Å². The fourth-order valence-corrected chi connectivity index (χ4v) is 4.06. The quantitative estimate of drug-likeness (QED) is 0.543. The van der Waals surface area contributed by atoms with E-state index >= 15 is 0 Å². The molecule has 2 aromatic carbocycles. The van der Waals surface area contributed by atoms with Gasteiger partial charge in [-0.25, -0.2) is 4.98 Å². The number of aliphatic carboxylic acids is 1. The van der Waals surface area contributed by atoms with Gasteiger partial charge in [0.1, 0.15) is 12.3 Å². The molecule has 1 aromatic heterocycles. The van der Waals surface area contributed by atoms with Crippen LogP contribution in [0.25, 0.3) is 11.3 Å². The Balaban J connectivity index is 1.72. The summed E-state index contributed by atoms with van der Waals surface area (Å²) >= 11 is 1.58. The van der Waals surface area contributed by atoms with Crippen molar-refractivity contribution in [2.45, 2.75) is 13.5 Å². The molecule has 3 aromatic rings. The van der Waals surface area contributed by atoms with Gasteiger partial charge in [-0.15, -0.1) is 11.3 Å². The summed E-state index contributed by atoms with van der Waals surface area (Å²) in [5.74, 6) is -0.569. The Hall–Kier alpha value is -3.39. The molecule has 8 heteroatoms. The molecule has 0 saturated heterocycles. The topological polar surface area (TPSA) is 83.0 Å². The fraction of sp³-hybridized carbons (Fsp3) is 0.261. The minimum absolute atomic E-state index is 0.317. The standard InChI is InChI=1S/C23H25N3O4S/c1-4-26(23-24-19(15-31-23)18-7-5-6-8-20(18)30-3)13-16-9-11-17(12-10-16)22(29)25(2)14-21(27)28/h5-12,15H,4,13-14H2,1-3H3,(H,27,28). The Kier molecular flexibility index (Phi) is 7.25. The number of carbonyl (C=O) groups is 2. The van der Waals surface area contributed by atoms with Crippen molar-refractivity contribution in [2.75, 3.05) is 32.1 Å². The van der Waals surface area contributed by atoms with Crippen LogP contribution in [0.4, 0.5) is 5.13 Å². The smallest absolute Gasteiger partial charge is 0.323 e. The number of nitrogens with zero attached hydrogens (tertiary/aromatic N) is 3. The van der Waals surface area contributed by atoms with Crippen LogP contribution in [0.1, 0.15) is 22.8 Å². The molecule has 0 radical (unpaired) electrons. The first-order valence-corrected chi connectivity index (χ1v) is 10.7. The number of thiazole rings is 1. The van der Waals surface area contributed by atoms with Crippen LogP contribution in [0.15, 0.2) is 53.9 Å². The molecule has 1 N–H and O–H groups in total. The number of methoxy groups -OCH3 is 1. The van der Waals surface area contributed by atoms with Crippen molar-refractivity contribution in [3.63, 3.8) is 0 Å². The second kappa shape index (κ2) is 10.1. The summed E-state index contributed by atoms with van der Waals surface area (Å²) in [6.45, 7) is 3.17. The minimum Gasteiger partial charge on any atom is -0.496 e. The second-order valence-electron chi connectivity index (χ2n) is 6.98. The molecule has 0 unspecified atom stereocenters. The number of carboxylic acids is 1. The zero-order valence-corrected chi connectivity index (χ0v) is 18.6. The number of ether oxygens (including phenoxy) is 1. The van der Waals surface area contributed by atoms with Crippen LogP contribution in [0.5, 0.6) is 5.75 Å². The van der Waals surface area contributed by atoms with Crippen LogP contribution < -0.4 is 9.64 Å². The first kappa shape index (κ1) is 22.3. The molecule has 1 amide bonds. The van der Waals surface area contributed by atoms with Crippen molar-refractivity contribution in [3.8, 4) is 17.0 Å². The van der Waals surface area contributed by atoms with E-state index in [1.54, 1.807) is 30.6 Å². The maximum atomic E-state index is 12.3. The molecule has 0 spiro atoms. The second-order valence-corrected chi connectivity index (χ2v) is 7.82. The van der Waals surface area contributed by atoms with Crippen molar-refractivity contribution < 1.29 is 19.4 Å². The Morgan fingerprint density at radius 3 is 2.48 bits per heavy atom. The molecule has 0 atom stereocenters. The lowest BCUT2D eigenvalue weighted by atomic mass is 10.1. The molecule has 0 aliphatic carbocycles. The summed E-state index contributed by atoms with van der Waals surface area (Å²) in [5.41, 5.74) is 3.33. The number of amides is 1. The van der Waals surface area contributed by atoms with Crippen molar-refractivity contribution in [1.29, 1.82) is 0 Å². The summed E-state index contributed by atoms with van der Waals surface area (Å²) in [7, 11) is 3.13. The van der Waals surface area contributed by atoms with E-state index in [-0.39, 0.29) is 12.5 Å². The van der Waals surface area contributed by atoms with Gasteiger partial charge in [0.2, 0.25) is 0 Å². The first-order chi connectivity index (χ1) is 14.9. The fourth-order valence-electron chi connectivity index (χ4n) is 3.17. The zero-order chi connectivity index (χ0) is 22.4. The van der Waals surface area contributed by atoms with Gasteiger partial charge in [-0.3, -0.25) is 9.59 Å². The van der Waals surface area contributed by atoms with Gasteiger partial charge >= 0.3 is 5.97 Å². The number of para-hydroxylation sites is 1. The summed E-state index contributed by atoms with van der Waals surface area (Å²) in [6.07, 6.45) is 0. The normalized spacial score (nSPS) is 10.5. The number of rotatable bonds is 9. The van der Waals surface area contributed by atoms with E-state index in [9.17, 15) is 9.59 Å². The van der Waals surface area contributed by atoms with Crippen LogP contribution in [-0.2, 0) is 11.3 Å². The number of carbonyl (C=O) groups excluding carboxylic acids is 1. The maximum Gasteiger partial charge on any atom is 0.323 e. The maximum absolute atomic E-state index is 12.3. The highest BCUT2D eigenvalue weighted by atomic mass is 32.1. The third-order valence-electron chi connectivity index (χ3n) is 4.82. The Bertz CT molecular complexity index is 1050. The molecule has 3 rings (SSSR count). The summed E-state index contributed by atoms with van der Waals surface area (Å²) in [4.78, 5) is 31.3. The average molecular weight is 440 g/mol. The molecule has 0 bridgehead atoms. The van der Waals surface area contributed by atoms with E-state index in [0.29, 0.717) is 12.1 Å². The number of likely N-dealkylation sites (N-methyl/N-ethyl adjacent to an activating group) is 1. The third-order valence-corrected chi connectivity index (χ3v) is 5.72. The Morgan fingerprint density at radius 1 is 1.13 bits per heavy atom. The van der Waals surface area contributed by atoms with E-state index in [4.69, 9.17) is 14.8 Å². The lowest BCUT2D eigenvalue weighted by Gasteiger charge is -2.20. The number of benzene rings is 2. The SMILES string of the molecule is CCN(Cc1ccc(C(=O)N(C)CC(=O)O)cc1)c1nc(-c2ccccc2OC)cs1. The molecule has 0 saturated carbocycles. The molecule has 31 heavy (non-hydrogen) atoms. The molecule has 0 aliphatic rings. The number of anilines is 1. The average Bonchev–Trinajstić information content (AvgIpc) is 3.26. The van der Waals surface area contributed by atoms with Crippen molar-refractivity contribution in [3.05, 3.63) is 65.0 Å². The summed E-state index contributed by atoms with van der Waals surface area (Å²) < 4.78 is 5.45. The predicted octanol–water partition coefficient (Wildman–Crippen LogP) is 4.00. The van der Waals surface area contributed by atoms with E-state index < -0.39 is 5.97 Å². The van der Waals surface area contributed by atoms with Crippen LogP contribution in [-0.4, -0.2) is 54.1 Å². The van der Waals surface area contributed by atoms with Gasteiger partial charge in [0.05, 0.1) is 12.8 Å². The first-order valence-electron chi connectivity index (χ1n) is 9.83. The molecule has 162 valence electrons. The van der Waals surface area contributed by atoms with Gasteiger partial charge < -0.3 is 19.6 Å². The third kappa shape index (κ3) is 5.40. The van der Waals surface area contributed by atoms with Crippen molar-refractivity contribution in [2.24, 2.45) is 0 Å². The van der Waals surface area contributed by atoms with Gasteiger partial charge in [0, 0.05) is 36.6 Å². The van der Waals surface area contributed by atoms with E-state index in [0.717, 1.165) is 34.2 Å². The predicted molar refractivity (Wildman–Crippen MR) is 122 cm³/mol. The van der Waals surface area contributed by atoms with Crippen molar-refractivity contribution >= 4 is 28.3 Å². The molecule has 0 aliphatic heterocycles. The van der Waals surface area contributed by atoms with E-state index in [1.165, 1.54) is 11.9 Å². The Labute approximate surface area is 185 Å². The lowest BCUT2D eigenvalue weighted by Crippen LogP contribution is -2.31. The highest BCUT2D eigenvalue weighted by Gasteiger charge is 2.16. The van der Waals surface area contributed by atoms with E-state index in [1.807, 2.05) is 41.8 Å². The molecular weight excluding hydrogens is 414 g/mol. The Morgan fingerprint density at radius 2 is 1.84 bits per heavy atom. The largest absolute Gasteiger partial charge is 0.496 e. The number of carboxylic acid groups (broad SMARTS) is 1. The highest BCUT2D eigenvalue weighted by molar-refractivity contribution is 7.14. The number of hydrogen-bond acceptors (Lipinski definition) is 6. The zero-order valence-electron chi connectivity index (χ0n) is 17.7. The monoisotopic (exact) mass is 439 g/mol. The molecule has 0 fully saturated rings. The van der Waals surface area contributed by atoms with Gasteiger partial charge in [-0.05, 0) is 36.8 Å². The summed E-state index contributed by atoms with van der Waals surface area (Å²) in [5, 5.41) is 11.8. The van der Waals surface area contributed by atoms with Gasteiger partial charge in [-0.2, -0.15) is 0 Å². The van der Waals surface area contributed by atoms with Crippen LogP contribution in [0, 0.1) is 0 Å². The molecular formula is C23H25N3O4S. The van der Waals surface area contributed by atoms with Crippen LogP contribution in [0.3, 0.4) is 0 Å². The summed E-state index contributed by atoms with van der Waals surface area (Å²) in [6, 6.07) is 15.0. The number of aromatic nitrogens is 1. The van der Waals surface area contributed by atoms with Gasteiger partial charge in [0.25, 0.3) is 5.91 Å². The van der Waals surface area contributed by atoms with Gasteiger partial charge in [-0.1, -0.05) is 24.3 Å². The minimum atomic E-state index is -1.04. The molecule has 1 heterocycles. The van der Waals surface area contributed by atoms with Gasteiger partial charge in [0.15, 0.2) is 5.13 Å². The van der Waals surface area contributed by atoms with Crippen LogP contribution >= 0.6 is 11.3 Å². The molecule has 7 nitrogen and oxygen atoms in total.